The van der Waals surface area contributed by atoms with E-state index in [-0.39, 0.29) is 6.03 Å². The second kappa shape index (κ2) is 8.38. The number of hydrogen-bond donors (Lipinski definition) is 2. The first-order valence-electron chi connectivity index (χ1n) is 7.35. The molecule has 0 aromatic carbocycles. The molecule has 1 rings (SSSR count). The van der Waals surface area contributed by atoms with Crippen molar-refractivity contribution in [3.63, 3.8) is 0 Å². The molecule has 2 N–H and O–H groups in total. The number of rotatable bonds is 8. The lowest BCUT2D eigenvalue weighted by atomic mass is 10.0. The van der Waals surface area contributed by atoms with Crippen LogP contribution in [0, 0.1) is 5.92 Å². The van der Waals surface area contributed by atoms with Gasteiger partial charge in [0.2, 0.25) is 0 Å². The van der Waals surface area contributed by atoms with Gasteiger partial charge in [0, 0.05) is 19.5 Å². The molecule has 0 aromatic rings. The Balaban J connectivity index is 2.08. The fourth-order valence-electron chi connectivity index (χ4n) is 2.29. The zero-order valence-corrected chi connectivity index (χ0v) is 12.5. The van der Waals surface area contributed by atoms with Crippen molar-refractivity contribution in [3.05, 3.63) is 0 Å². The van der Waals surface area contributed by atoms with Crippen LogP contribution in [0.4, 0.5) is 4.79 Å². The van der Waals surface area contributed by atoms with Gasteiger partial charge < -0.3 is 20.1 Å². The number of ether oxygens (including phenoxy) is 2. The summed E-state index contributed by atoms with van der Waals surface area (Å²) in [6, 6.07) is -0.0821. The Morgan fingerprint density at radius 3 is 2.58 bits per heavy atom. The average Bonchev–Trinajstić information content (AvgIpc) is 2.78. The topological polar surface area (TPSA) is 59.6 Å². The Bertz CT molecular complexity index is 265. The molecule has 0 radical (unpaired) electrons. The van der Waals surface area contributed by atoms with Crippen molar-refractivity contribution in [2.24, 2.45) is 5.92 Å². The number of urea groups is 1. The second-order valence-corrected chi connectivity index (χ2v) is 5.48. The van der Waals surface area contributed by atoms with Crippen LogP contribution in [0.1, 0.15) is 46.5 Å². The van der Waals surface area contributed by atoms with Gasteiger partial charge in [-0.15, -0.1) is 0 Å². The Morgan fingerprint density at radius 2 is 1.95 bits per heavy atom. The summed E-state index contributed by atoms with van der Waals surface area (Å²) in [5, 5.41) is 5.75. The minimum Gasteiger partial charge on any atom is -0.348 e. The third-order valence-corrected chi connectivity index (χ3v) is 3.29. The van der Waals surface area contributed by atoms with Crippen molar-refractivity contribution in [1.82, 2.24) is 10.6 Å². The van der Waals surface area contributed by atoms with E-state index in [1.165, 1.54) is 6.42 Å². The molecular weight excluding hydrogens is 244 g/mol. The molecule has 1 aliphatic rings. The number of unbranched alkanes of at least 4 members (excludes halogenated alkanes) is 2. The third-order valence-electron chi connectivity index (χ3n) is 3.29. The predicted molar refractivity (Wildman–Crippen MR) is 75.0 cm³/mol. The molecule has 19 heavy (non-hydrogen) atoms. The Labute approximate surface area is 116 Å². The highest BCUT2D eigenvalue weighted by Gasteiger charge is 2.32. The summed E-state index contributed by atoms with van der Waals surface area (Å²) in [6.07, 6.45) is 4.16. The predicted octanol–water partition coefficient (Wildman–Crippen LogP) is 2.27. The van der Waals surface area contributed by atoms with Crippen molar-refractivity contribution >= 4 is 6.03 Å². The number of carbonyl (C=O) groups is 1. The van der Waals surface area contributed by atoms with Crippen LogP contribution in [0.15, 0.2) is 0 Å². The minimum atomic E-state index is -0.474. The normalized spacial score (nSPS) is 19.1. The van der Waals surface area contributed by atoms with Crippen LogP contribution >= 0.6 is 0 Å². The maximum absolute atomic E-state index is 11.5. The second-order valence-electron chi connectivity index (χ2n) is 5.48. The average molecular weight is 272 g/mol. The molecule has 5 heteroatoms. The molecule has 5 nitrogen and oxygen atoms in total. The molecule has 2 amide bonds. The number of amides is 2. The standard InChI is InChI=1S/C14H28N2O3/c1-4-5-6-7-15-13(17)16-11-12(2)10-14(3)18-8-9-19-14/h12H,4-11H2,1-3H3,(H2,15,16,17)/t12-/m0/s1. The first-order chi connectivity index (χ1) is 9.06. The highest BCUT2D eigenvalue weighted by atomic mass is 16.7. The molecule has 0 spiro atoms. The van der Waals surface area contributed by atoms with E-state index < -0.39 is 5.79 Å². The van der Waals surface area contributed by atoms with E-state index in [4.69, 9.17) is 9.47 Å². The molecular formula is C14H28N2O3. The summed E-state index contributed by atoms with van der Waals surface area (Å²) in [6.45, 7) is 8.91. The Morgan fingerprint density at radius 1 is 1.26 bits per heavy atom. The summed E-state index contributed by atoms with van der Waals surface area (Å²) in [5.41, 5.74) is 0. The van der Waals surface area contributed by atoms with Crippen LogP contribution in [-0.4, -0.2) is 38.1 Å². The molecule has 0 aliphatic carbocycles. The van der Waals surface area contributed by atoms with Crippen LogP contribution in [0.5, 0.6) is 0 Å². The van der Waals surface area contributed by atoms with Gasteiger partial charge in [-0.3, -0.25) is 0 Å². The number of nitrogens with one attached hydrogen (secondary N) is 2. The van der Waals surface area contributed by atoms with Crippen LogP contribution < -0.4 is 10.6 Å². The molecule has 0 unspecified atom stereocenters. The molecule has 112 valence electrons. The fraction of sp³-hybridized carbons (Fsp3) is 0.929. The van der Waals surface area contributed by atoms with Gasteiger partial charge in [0.25, 0.3) is 0 Å². The van der Waals surface area contributed by atoms with Crippen molar-refractivity contribution in [1.29, 1.82) is 0 Å². The lowest BCUT2D eigenvalue weighted by Gasteiger charge is -2.26. The SMILES string of the molecule is CCCCCNC(=O)NC[C@@H](C)CC1(C)OCCO1. The first-order valence-corrected chi connectivity index (χ1v) is 7.35. The lowest BCUT2D eigenvalue weighted by Crippen LogP contribution is -2.40. The third kappa shape index (κ3) is 6.78. The lowest BCUT2D eigenvalue weighted by molar-refractivity contribution is -0.153. The number of hydrogen-bond acceptors (Lipinski definition) is 3. The van der Waals surface area contributed by atoms with Gasteiger partial charge in [-0.25, -0.2) is 4.79 Å². The first kappa shape index (κ1) is 16.2. The quantitative estimate of drug-likeness (QED) is 0.666. The zero-order chi connectivity index (χ0) is 14.1. The van der Waals surface area contributed by atoms with Crippen molar-refractivity contribution in [2.75, 3.05) is 26.3 Å². The van der Waals surface area contributed by atoms with Gasteiger partial charge in [0.15, 0.2) is 5.79 Å². The van der Waals surface area contributed by atoms with E-state index >= 15 is 0 Å². The molecule has 1 saturated heterocycles. The summed E-state index contributed by atoms with van der Waals surface area (Å²) in [4.78, 5) is 11.5. The van der Waals surface area contributed by atoms with Gasteiger partial charge >= 0.3 is 6.03 Å². The largest absolute Gasteiger partial charge is 0.348 e. The van der Waals surface area contributed by atoms with E-state index in [0.717, 1.165) is 25.8 Å². The van der Waals surface area contributed by atoms with Gasteiger partial charge in [0.05, 0.1) is 13.2 Å². The summed E-state index contributed by atoms with van der Waals surface area (Å²) < 4.78 is 11.1. The fourth-order valence-corrected chi connectivity index (χ4v) is 2.29. The minimum absolute atomic E-state index is 0.0821. The molecule has 0 saturated carbocycles. The Kier molecular flexibility index (Phi) is 7.16. The molecule has 1 aliphatic heterocycles. The molecule has 0 aromatic heterocycles. The van der Waals surface area contributed by atoms with Crippen LogP contribution in [0.25, 0.3) is 0 Å². The zero-order valence-electron chi connectivity index (χ0n) is 12.5. The summed E-state index contributed by atoms with van der Waals surface area (Å²) in [7, 11) is 0. The van der Waals surface area contributed by atoms with E-state index in [9.17, 15) is 4.79 Å². The van der Waals surface area contributed by atoms with Crippen LogP contribution in [0.2, 0.25) is 0 Å². The van der Waals surface area contributed by atoms with E-state index in [1.807, 2.05) is 6.92 Å². The van der Waals surface area contributed by atoms with Gasteiger partial charge in [-0.1, -0.05) is 26.7 Å². The highest BCUT2D eigenvalue weighted by Crippen LogP contribution is 2.26. The van der Waals surface area contributed by atoms with Crippen LogP contribution in [-0.2, 0) is 9.47 Å². The Hall–Kier alpha value is -0.810. The van der Waals surface area contributed by atoms with E-state index in [0.29, 0.717) is 25.7 Å². The van der Waals surface area contributed by atoms with Gasteiger partial charge in [-0.2, -0.15) is 0 Å². The molecule has 1 heterocycles. The van der Waals surface area contributed by atoms with E-state index in [2.05, 4.69) is 24.5 Å². The molecule has 1 fully saturated rings. The smallest absolute Gasteiger partial charge is 0.314 e. The highest BCUT2D eigenvalue weighted by molar-refractivity contribution is 5.73. The molecule has 1 atom stereocenters. The summed E-state index contributed by atoms with van der Waals surface area (Å²) >= 11 is 0. The molecule has 0 bridgehead atoms. The van der Waals surface area contributed by atoms with Crippen molar-refractivity contribution < 1.29 is 14.3 Å². The monoisotopic (exact) mass is 272 g/mol. The van der Waals surface area contributed by atoms with Gasteiger partial charge in [0.1, 0.15) is 0 Å². The van der Waals surface area contributed by atoms with E-state index in [1.54, 1.807) is 0 Å². The van der Waals surface area contributed by atoms with Crippen molar-refractivity contribution in [3.8, 4) is 0 Å². The van der Waals surface area contributed by atoms with Crippen molar-refractivity contribution in [2.45, 2.75) is 52.2 Å². The van der Waals surface area contributed by atoms with Crippen LogP contribution in [0.3, 0.4) is 0 Å². The van der Waals surface area contributed by atoms with Gasteiger partial charge in [-0.05, 0) is 19.3 Å². The summed E-state index contributed by atoms with van der Waals surface area (Å²) in [5.74, 6) is -0.150. The number of carbonyl (C=O) groups excluding carboxylic acids is 1. The maximum atomic E-state index is 11.5. The maximum Gasteiger partial charge on any atom is 0.314 e.